The minimum Gasteiger partial charge on any atom is -0.408 e. The van der Waals surface area contributed by atoms with Gasteiger partial charge in [0, 0.05) is 11.8 Å². The molecule has 3 saturated heterocycles. The highest BCUT2D eigenvalue weighted by molar-refractivity contribution is 7.52. The van der Waals surface area contributed by atoms with Crippen LogP contribution in [0.4, 0.5) is 11.9 Å². The van der Waals surface area contributed by atoms with E-state index < -0.39 is 139 Å². The van der Waals surface area contributed by atoms with Crippen LogP contribution >= 0.6 is 15.5 Å². The van der Waals surface area contributed by atoms with Crippen molar-refractivity contribution in [2.45, 2.75) is 167 Å². The molecule has 32 heteroatoms. The molecule has 0 bridgehead atoms. The molecular formula is C46H72N14O14P2Si2. The van der Waals surface area contributed by atoms with E-state index in [0.29, 0.717) is 0 Å². The van der Waals surface area contributed by atoms with Crippen LogP contribution < -0.4 is 31.9 Å². The topological polar surface area (TPSA) is 365 Å². The van der Waals surface area contributed by atoms with E-state index in [9.17, 15) is 29.7 Å². The zero-order valence-electron chi connectivity index (χ0n) is 46.4. The molecule has 2 amide bonds. The van der Waals surface area contributed by atoms with Crippen molar-refractivity contribution in [2.75, 3.05) is 37.1 Å². The van der Waals surface area contributed by atoms with Crippen LogP contribution in [0.15, 0.2) is 22.2 Å². The van der Waals surface area contributed by atoms with Crippen LogP contribution in [0.1, 0.15) is 94.5 Å². The Balaban J connectivity index is 1.39. The summed E-state index contributed by atoms with van der Waals surface area (Å²) in [5.41, 5.74) is -1.60. The molecule has 0 aromatic carbocycles. The molecule has 10 atom stereocenters. The van der Waals surface area contributed by atoms with Crippen molar-refractivity contribution < 1.29 is 55.1 Å². The van der Waals surface area contributed by atoms with Crippen LogP contribution in [0, 0.1) is 34.5 Å². The minimum atomic E-state index is -4.68. The van der Waals surface area contributed by atoms with E-state index in [-0.39, 0.29) is 60.3 Å². The van der Waals surface area contributed by atoms with Gasteiger partial charge < -0.3 is 18.3 Å². The Hall–Kier alpha value is -4.89. The number of carbonyl (C=O) groups is 2. The number of amides is 2. The first-order valence-corrected chi connectivity index (χ1v) is 34.5. The van der Waals surface area contributed by atoms with E-state index in [1.165, 1.54) is 21.8 Å². The largest absolute Gasteiger partial charge is 0.408 e. The molecule has 78 heavy (non-hydrogen) atoms. The summed E-state index contributed by atoms with van der Waals surface area (Å²) in [6.07, 6.45) is -5.25. The predicted octanol–water partition coefficient (Wildman–Crippen LogP) is 6.06. The molecule has 4 aromatic rings. The fourth-order valence-corrected chi connectivity index (χ4v) is 13.8. The molecule has 4 unspecified atom stereocenters. The van der Waals surface area contributed by atoms with Gasteiger partial charge in [-0.15, -0.1) is 0 Å². The summed E-state index contributed by atoms with van der Waals surface area (Å²) < 4.78 is 87.0. The van der Waals surface area contributed by atoms with Crippen molar-refractivity contribution in [3.8, 4) is 12.1 Å². The number of nitrogens with one attached hydrogen (secondary N) is 6. The number of hydrogen-bond donors (Lipinski definition) is 6. The van der Waals surface area contributed by atoms with Gasteiger partial charge in [-0.2, -0.15) is 20.5 Å². The fraction of sp³-hybridized carbons (Fsp3) is 0.696. The summed E-state index contributed by atoms with van der Waals surface area (Å²) in [6.45, 7) is 24.7. The second-order valence-electron chi connectivity index (χ2n) is 23.0. The van der Waals surface area contributed by atoms with Gasteiger partial charge in [0.2, 0.25) is 23.7 Å². The lowest BCUT2D eigenvalue weighted by Crippen LogP contribution is -2.54. The lowest BCUT2D eigenvalue weighted by atomic mass is 10.1. The molecule has 7 heterocycles. The van der Waals surface area contributed by atoms with Crippen molar-refractivity contribution in [3.05, 3.63) is 33.4 Å². The van der Waals surface area contributed by atoms with E-state index in [1.807, 2.05) is 79.9 Å². The van der Waals surface area contributed by atoms with Crippen LogP contribution in [-0.2, 0) is 55.1 Å². The van der Waals surface area contributed by atoms with Gasteiger partial charge in [0.1, 0.15) is 24.4 Å². The number of fused-ring (bicyclic) bond motifs is 4. The molecule has 0 radical (unpaired) electrons. The number of ether oxygens (including phenoxy) is 2. The smallest absolute Gasteiger partial charge is 0.406 e. The fourth-order valence-electron chi connectivity index (χ4n) is 8.02. The molecule has 7 rings (SSSR count). The van der Waals surface area contributed by atoms with Gasteiger partial charge in [0.25, 0.3) is 11.1 Å². The van der Waals surface area contributed by atoms with Gasteiger partial charge in [0.15, 0.2) is 51.4 Å². The van der Waals surface area contributed by atoms with E-state index in [2.05, 4.69) is 50.7 Å². The maximum absolute atomic E-state index is 15.6. The normalized spacial score (nSPS) is 27.5. The molecule has 4 aromatic heterocycles. The van der Waals surface area contributed by atoms with Gasteiger partial charge in [-0.25, -0.2) is 29.3 Å². The Kier molecular flexibility index (Phi) is 18.1. The van der Waals surface area contributed by atoms with E-state index >= 15 is 9.13 Å². The van der Waals surface area contributed by atoms with Gasteiger partial charge in [-0.05, 0) is 36.3 Å². The molecule has 0 aliphatic carbocycles. The molecule has 3 fully saturated rings. The number of rotatable bonds is 16. The maximum Gasteiger partial charge on any atom is 0.406 e. The quantitative estimate of drug-likeness (QED) is 0.0422. The second kappa shape index (κ2) is 23.3. The molecule has 6 N–H and O–H groups in total. The summed E-state index contributed by atoms with van der Waals surface area (Å²) in [4.78, 5) is 75.6. The van der Waals surface area contributed by atoms with Gasteiger partial charge in [-0.1, -0.05) is 69.2 Å². The summed E-state index contributed by atoms with van der Waals surface area (Å²) in [6, 6.07) is 1.48. The number of H-pyrrole nitrogens is 2. The Morgan fingerprint density at radius 1 is 0.705 bits per heavy atom. The van der Waals surface area contributed by atoms with Crippen molar-refractivity contribution in [1.82, 2.24) is 49.2 Å². The summed E-state index contributed by atoms with van der Waals surface area (Å²) in [5.74, 6) is -2.10. The van der Waals surface area contributed by atoms with Crippen molar-refractivity contribution in [2.24, 2.45) is 11.8 Å². The van der Waals surface area contributed by atoms with Crippen LogP contribution in [-0.4, -0.2) is 130 Å². The number of imidazole rings is 2. The molecule has 0 saturated carbocycles. The Morgan fingerprint density at radius 2 is 1.06 bits per heavy atom. The zero-order valence-corrected chi connectivity index (χ0v) is 50.1. The molecule has 3 aliphatic heterocycles. The van der Waals surface area contributed by atoms with Crippen molar-refractivity contribution in [1.29, 1.82) is 10.5 Å². The third kappa shape index (κ3) is 13.1. The van der Waals surface area contributed by atoms with Gasteiger partial charge in [-0.3, -0.25) is 67.0 Å². The Morgan fingerprint density at radius 3 is 1.38 bits per heavy atom. The lowest BCUT2D eigenvalue weighted by molar-refractivity contribution is -0.119. The highest BCUT2D eigenvalue weighted by Gasteiger charge is 2.57. The van der Waals surface area contributed by atoms with Crippen molar-refractivity contribution in [3.63, 3.8) is 0 Å². The number of aromatic nitrogens is 8. The first-order valence-electron chi connectivity index (χ1n) is 25.6. The Labute approximate surface area is 453 Å². The zero-order chi connectivity index (χ0) is 57.5. The monoisotopic (exact) mass is 1160 g/mol. The molecule has 0 spiro atoms. The predicted molar refractivity (Wildman–Crippen MR) is 289 cm³/mol. The third-order valence-corrected chi connectivity index (χ3v) is 26.7. The van der Waals surface area contributed by atoms with E-state index in [4.69, 9.17) is 36.4 Å². The van der Waals surface area contributed by atoms with Gasteiger partial charge >= 0.3 is 15.5 Å². The summed E-state index contributed by atoms with van der Waals surface area (Å²) >= 11 is 0. The average molecular weight is 1160 g/mol. The van der Waals surface area contributed by atoms with Crippen LogP contribution in [0.3, 0.4) is 0 Å². The number of nitriles is 2. The van der Waals surface area contributed by atoms with Crippen LogP contribution in [0.5, 0.6) is 0 Å². The number of carbonyl (C=O) groups excluding carboxylic acids is 2. The van der Waals surface area contributed by atoms with Gasteiger partial charge in [0.05, 0.1) is 76.1 Å². The number of anilines is 2. The molecule has 3 aliphatic rings. The molecule has 28 nitrogen and oxygen atoms in total. The lowest BCUT2D eigenvalue weighted by Gasteiger charge is -2.41. The van der Waals surface area contributed by atoms with E-state index in [1.54, 1.807) is 27.7 Å². The summed E-state index contributed by atoms with van der Waals surface area (Å²) in [7, 11) is -15.2. The highest BCUT2D eigenvalue weighted by atomic mass is 31.2. The SMILES string of the molecule is CC(C)C(=O)Nc1nc2c(ncn2[C@@H]2O[C@@H]3COP(=O)(OCCC#N)N[C@H]4C(O[Si](C)(C)C(C)(C)C)[C@H](n5cnc6c(=O)[nH]c(NC(=O)C(C)C)nc65)O[C@@H]4COP(=O)(OCCC#N)N[C@H]3C2O[Si](C)(C)C(C)(C)C)c(=O)[nH]1. The minimum absolute atomic E-state index is 0.0175. The Bertz CT molecular complexity index is 2970. The van der Waals surface area contributed by atoms with Crippen molar-refractivity contribution >= 4 is 78.2 Å². The van der Waals surface area contributed by atoms with E-state index in [0.717, 1.165) is 0 Å². The first kappa shape index (κ1) is 60.7. The average Bonchev–Trinajstić information content (AvgIpc) is 4.19. The first-order chi connectivity index (χ1) is 36.3. The maximum atomic E-state index is 15.6. The van der Waals surface area contributed by atoms with Crippen LogP contribution in [0.2, 0.25) is 36.3 Å². The second-order valence-corrected chi connectivity index (χ2v) is 36.0. The van der Waals surface area contributed by atoms with Crippen LogP contribution in [0.25, 0.3) is 22.3 Å². The highest BCUT2D eigenvalue weighted by Crippen LogP contribution is 2.54. The standard InChI is InChI=1S/C46H72N14O14P2Si2/c1-25(2)37(61)53-43-51-35-31(39(63)55-43)49-23-59(35)41-33(73-77(11,12)45(5,6)7)29-27(71-41)21-69-76(66,68-20-16-18-48)58-30-28(22-70-75(65,57-29)67-19-15-17-47)72-42(34(30)74-78(13,14)46(8,9)10)60-24-50-32-36(60)52-44(56-40(32)64)54-38(62)26(3)4/h23-30,33-34,41-42H,15-16,19-22H2,1-14H3,(H,57,65)(H,58,66)(H2,51,53,55,61,63)(H2,52,54,56,62,64)/t27-,28-,29-,30-,33?,34?,41-,42-,75?,76?/m1/s1. The third-order valence-electron chi connectivity index (χ3n) is 14.5. The summed E-state index contributed by atoms with van der Waals surface area (Å²) in [5, 5.41) is 29.8. The number of hydrogen-bond acceptors (Lipinski definition) is 20. The molecular weight excluding hydrogens is 1090 g/mol. The molecule has 428 valence electrons. The number of aromatic amines is 2. The number of nitrogens with zero attached hydrogens (tertiary/aromatic N) is 8.